The summed E-state index contributed by atoms with van der Waals surface area (Å²) in [7, 11) is -3.54. The lowest BCUT2D eigenvalue weighted by molar-refractivity contribution is -0.115. The Balaban J connectivity index is 1.60. The van der Waals surface area contributed by atoms with Crippen molar-refractivity contribution in [2.45, 2.75) is 68.7 Å². The first-order valence-electron chi connectivity index (χ1n) is 10.3. The molecular formula is C20H30ClN3O3S. The van der Waals surface area contributed by atoms with Gasteiger partial charge in [-0.15, -0.1) is 0 Å². The fourth-order valence-electron chi connectivity index (χ4n) is 3.93. The number of halogens is 1. The number of hydrogen-bond donors (Lipinski definition) is 2. The molecule has 1 aromatic carbocycles. The zero-order valence-corrected chi connectivity index (χ0v) is 17.8. The summed E-state index contributed by atoms with van der Waals surface area (Å²) in [6.07, 6.45) is 10.2. The van der Waals surface area contributed by atoms with Crippen LogP contribution in [0, 0.1) is 0 Å². The smallest absolute Gasteiger partial charge is 0.243 e. The van der Waals surface area contributed by atoms with Crippen LogP contribution in [0.3, 0.4) is 0 Å². The highest BCUT2D eigenvalue weighted by Crippen LogP contribution is 2.28. The molecule has 8 heteroatoms. The number of benzene rings is 1. The van der Waals surface area contributed by atoms with Crippen LogP contribution >= 0.6 is 11.6 Å². The van der Waals surface area contributed by atoms with Crippen molar-refractivity contribution in [2.75, 3.05) is 25.0 Å². The Bertz CT molecular complexity index is 771. The van der Waals surface area contributed by atoms with Crippen molar-refractivity contribution in [1.82, 2.24) is 9.62 Å². The first-order chi connectivity index (χ1) is 13.5. The van der Waals surface area contributed by atoms with Gasteiger partial charge in [0.25, 0.3) is 0 Å². The normalized spacial score (nSPS) is 19.9. The van der Waals surface area contributed by atoms with E-state index < -0.39 is 10.0 Å². The summed E-state index contributed by atoms with van der Waals surface area (Å²) in [5.74, 6) is -0.209. The molecule has 0 atom stereocenters. The van der Waals surface area contributed by atoms with Crippen molar-refractivity contribution < 1.29 is 13.2 Å². The van der Waals surface area contributed by atoms with Crippen LogP contribution in [-0.2, 0) is 14.8 Å². The predicted molar refractivity (Wildman–Crippen MR) is 112 cm³/mol. The minimum absolute atomic E-state index is 0.169. The lowest BCUT2D eigenvalue weighted by atomic mass is 9.97. The fourth-order valence-corrected chi connectivity index (χ4v) is 5.64. The Labute approximate surface area is 173 Å². The van der Waals surface area contributed by atoms with E-state index >= 15 is 0 Å². The molecular weight excluding hydrogens is 398 g/mol. The van der Waals surface area contributed by atoms with Crippen LogP contribution < -0.4 is 10.6 Å². The Hall–Kier alpha value is -1.15. The molecule has 3 rings (SSSR count). The molecule has 1 heterocycles. The van der Waals surface area contributed by atoms with Gasteiger partial charge >= 0.3 is 0 Å². The van der Waals surface area contributed by atoms with Gasteiger partial charge < -0.3 is 10.6 Å². The van der Waals surface area contributed by atoms with E-state index in [0.29, 0.717) is 29.8 Å². The summed E-state index contributed by atoms with van der Waals surface area (Å²) in [6, 6.07) is 4.85. The molecule has 0 aromatic heterocycles. The number of carbonyl (C=O) groups is 1. The Kier molecular flexibility index (Phi) is 7.74. The van der Waals surface area contributed by atoms with E-state index in [1.165, 1.54) is 54.6 Å². The highest BCUT2D eigenvalue weighted by molar-refractivity contribution is 7.89. The Morgan fingerprint density at radius 1 is 1.04 bits per heavy atom. The number of amides is 1. The fraction of sp³-hybridized carbons (Fsp3) is 0.650. The maximum absolute atomic E-state index is 12.7. The molecule has 1 amide bonds. The van der Waals surface area contributed by atoms with Gasteiger partial charge in [0.2, 0.25) is 15.9 Å². The van der Waals surface area contributed by atoms with E-state index in [2.05, 4.69) is 10.6 Å². The number of rotatable bonds is 6. The third-order valence-corrected chi connectivity index (χ3v) is 7.80. The third-order valence-electron chi connectivity index (χ3n) is 5.57. The van der Waals surface area contributed by atoms with Gasteiger partial charge in [-0.2, -0.15) is 4.31 Å². The van der Waals surface area contributed by atoms with Crippen LogP contribution in [0.4, 0.5) is 5.69 Å². The second-order valence-electron chi connectivity index (χ2n) is 7.72. The molecule has 2 fully saturated rings. The Morgan fingerprint density at radius 2 is 1.68 bits per heavy atom. The van der Waals surface area contributed by atoms with Crippen LogP contribution in [0.15, 0.2) is 23.1 Å². The average Bonchev–Trinajstić information content (AvgIpc) is 3.18. The van der Waals surface area contributed by atoms with Crippen molar-refractivity contribution in [1.29, 1.82) is 0 Å². The number of nitrogens with zero attached hydrogens (tertiary/aromatic N) is 1. The second-order valence-corrected chi connectivity index (χ2v) is 10.1. The highest BCUT2D eigenvalue weighted by Gasteiger charge is 2.27. The van der Waals surface area contributed by atoms with E-state index in [1.807, 2.05) is 0 Å². The minimum Gasteiger partial charge on any atom is -0.324 e. The predicted octanol–water partition coefficient (Wildman–Crippen LogP) is 3.77. The molecule has 6 nitrogen and oxygen atoms in total. The second kappa shape index (κ2) is 10.1. The molecule has 1 aliphatic carbocycles. The summed E-state index contributed by atoms with van der Waals surface area (Å²) >= 11 is 6.20. The summed E-state index contributed by atoms with van der Waals surface area (Å²) in [6.45, 7) is 1.28. The molecule has 0 unspecified atom stereocenters. The van der Waals surface area contributed by atoms with Gasteiger partial charge in [-0.1, -0.05) is 43.7 Å². The van der Waals surface area contributed by atoms with Crippen LogP contribution in [0.1, 0.15) is 57.8 Å². The molecule has 0 spiro atoms. The number of carbonyl (C=O) groups excluding carboxylic acids is 1. The summed E-state index contributed by atoms with van der Waals surface area (Å²) in [4.78, 5) is 12.6. The largest absolute Gasteiger partial charge is 0.324 e. The van der Waals surface area contributed by atoms with E-state index in [9.17, 15) is 13.2 Å². The number of nitrogens with one attached hydrogen (secondary N) is 2. The maximum atomic E-state index is 12.7. The van der Waals surface area contributed by atoms with Gasteiger partial charge in [-0.25, -0.2) is 8.42 Å². The van der Waals surface area contributed by atoms with Crippen molar-refractivity contribution in [3.05, 3.63) is 23.2 Å². The highest BCUT2D eigenvalue weighted by atomic mass is 35.5. The molecule has 1 aliphatic heterocycles. The number of anilines is 1. The van der Waals surface area contributed by atoms with Crippen molar-refractivity contribution >= 4 is 33.2 Å². The van der Waals surface area contributed by atoms with Crippen LogP contribution in [0.5, 0.6) is 0 Å². The van der Waals surface area contributed by atoms with Gasteiger partial charge in [0, 0.05) is 19.1 Å². The zero-order chi connectivity index (χ0) is 20.0. The molecule has 2 N–H and O–H groups in total. The average molecular weight is 428 g/mol. The van der Waals surface area contributed by atoms with Gasteiger partial charge in [0.05, 0.1) is 22.2 Å². The number of hydrogen-bond acceptors (Lipinski definition) is 4. The SMILES string of the molecule is O=C(CNC1CCCCCCC1)Nc1cc(S(=O)(=O)N2CCCC2)ccc1Cl. The van der Waals surface area contributed by atoms with Crippen molar-refractivity contribution in [3.63, 3.8) is 0 Å². The van der Waals surface area contributed by atoms with Crippen LogP contribution in [0.25, 0.3) is 0 Å². The molecule has 2 aliphatic rings. The lowest BCUT2D eigenvalue weighted by Crippen LogP contribution is -2.36. The van der Waals surface area contributed by atoms with Crippen molar-refractivity contribution in [2.24, 2.45) is 0 Å². The molecule has 1 saturated heterocycles. The van der Waals surface area contributed by atoms with Gasteiger partial charge in [-0.3, -0.25) is 4.79 Å². The maximum Gasteiger partial charge on any atom is 0.243 e. The molecule has 156 valence electrons. The standard InChI is InChI=1S/C20H30ClN3O3S/c21-18-11-10-17(28(26,27)24-12-6-7-13-24)14-19(18)23-20(25)15-22-16-8-4-2-1-3-5-9-16/h10-11,14,16,22H,1-9,12-13,15H2,(H,23,25). The summed E-state index contributed by atoms with van der Waals surface area (Å²) in [5, 5.41) is 6.43. The first kappa shape index (κ1) is 21.6. The molecule has 1 saturated carbocycles. The topological polar surface area (TPSA) is 78.5 Å². The van der Waals surface area contributed by atoms with Gasteiger partial charge in [-0.05, 0) is 43.9 Å². The molecule has 1 aromatic rings. The number of sulfonamides is 1. The Morgan fingerprint density at radius 3 is 2.36 bits per heavy atom. The lowest BCUT2D eigenvalue weighted by Gasteiger charge is -2.21. The van der Waals surface area contributed by atoms with Crippen molar-refractivity contribution in [3.8, 4) is 0 Å². The monoisotopic (exact) mass is 427 g/mol. The van der Waals surface area contributed by atoms with Gasteiger partial charge in [0.15, 0.2) is 0 Å². The quantitative estimate of drug-likeness (QED) is 0.724. The van der Waals surface area contributed by atoms with Crippen LogP contribution in [-0.4, -0.2) is 44.3 Å². The van der Waals surface area contributed by atoms with E-state index in [0.717, 1.165) is 25.7 Å². The van der Waals surface area contributed by atoms with E-state index in [-0.39, 0.29) is 17.3 Å². The third kappa shape index (κ3) is 5.69. The van der Waals surface area contributed by atoms with Gasteiger partial charge in [0.1, 0.15) is 0 Å². The summed E-state index contributed by atoms with van der Waals surface area (Å²) < 4.78 is 27.0. The zero-order valence-electron chi connectivity index (χ0n) is 16.3. The first-order valence-corrected chi connectivity index (χ1v) is 12.1. The summed E-state index contributed by atoms with van der Waals surface area (Å²) in [5.41, 5.74) is 0.339. The molecule has 0 radical (unpaired) electrons. The van der Waals surface area contributed by atoms with E-state index in [1.54, 1.807) is 0 Å². The molecule has 0 bridgehead atoms. The van der Waals surface area contributed by atoms with Crippen LogP contribution in [0.2, 0.25) is 5.02 Å². The molecule has 28 heavy (non-hydrogen) atoms. The van der Waals surface area contributed by atoms with E-state index in [4.69, 9.17) is 11.6 Å². The minimum atomic E-state index is -3.54.